The molecule has 0 radical (unpaired) electrons. The number of nitrogens with one attached hydrogen (secondary N) is 1. The van der Waals surface area contributed by atoms with Crippen LogP contribution in [-0.4, -0.2) is 21.4 Å². The van der Waals surface area contributed by atoms with E-state index >= 15 is 0 Å². The number of amides is 1. The summed E-state index contributed by atoms with van der Waals surface area (Å²) in [6, 6.07) is 7.41. The van der Waals surface area contributed by atoms with Crippen LogP contribution in [0.2, 0.25) is 0 Å². The van der Waals surface area contributed by atoms with Gasteiger partial charge >= 0.3 is 0 Å². The summed E-state index contributed by atoms with van der Waals surface area (Å²) in [5.41, 5.74) is -0.387. The summed E-state index contributed by atoms with van der Waals surface area (Å²) < 4.78 is 58.8. The molecule has 3 rings (SSSR count). The molecule has 1 aromatic heterocycles. The van der Waals surface area contributed by atoms with Gasteiger partial charge in [-0.1, -0.05) is 23.9 Å². The molecule has 10 heteroatoms. The van der Waals surface area contributed by atoms with E-state index in [0.717, 1.165) is 17.8 Å². The maximum atomic E-state index is 13.7. The quantitative estimate of drug-likeness (QED) is 0.392. The third-order valence-corrected chi connectivity index (χ3v) is 4.38. The molecule has 0 aliphatic carbocycles. The summed E-state index contributed by atoms with van der Waals surface area (Å²) in [6.07, 6.45) is 0. The Balaban J connectivity index is 1.69. The van der Waals surface area contributed by atoms with E-state index in [0.29, 0.717) is 6.07 Å². The number of halogens is 4. The zero-order chi connectivity index (χ0) is 19.6. The van der Waals surface area contributed by atoms with Crippen molar-refractivity contribution in [2.45, 2.75) is 17.4 Å². The van der Waals surface area contributed by atoms with Crippen molar-refractivity contribution in [1.82, 2.24) is 10.2 Å². The van der Waals surface area contributed by atoms with E-state index in [1.807, 2.05) is 0 Å². The molecule has 0 saturated carbocycles. The lowest BCUT2D eigenvalue weighted by Gasteiger charge is -2.11. The summed E-state index contributed by atoms with van der Waals surface area (Å²) >= 11 is 0.840. The topological polar surface area (TPSA) is 68.0 Å². The number of hydrogen-bond acceptors (Lipinski definition) is 5. The Morgan fingerprint density at radius 1 is 1.04 bits per heavy atom. The van der Waals surface area contributed by atoms with Gasteiger partial charge in [0.2, 0.25) is 5.91 Å². The van der Waals surface area contributed by atoms with Crippen LogP contribution in [0.15, 0.2) is 46.0 Å². The Kier molecular flexibility index (Phi) is 5.45. The third-order valence-electron chi connectivity index (χ3n) is 3.45. The number of hydrogen-bond donors (Lipinski definition) is 1. The predicted octanol–water partition coefficient (Wildman–Crippen LogP) is 4.41. The Bertz CT molecular complexity index is 996. The molecule has 0 fully saturated rings. The SMILES string of the molecule is C[C@@H](Sc1nnc(-c2ccccc2F)o1)C(=O)Nc1ccc(F)c(F)c1F. The Hall–Kier alpha value is -2.88. The monoisotopic (exact) mass is 397 g/mol. The average molecular weight is 397 g/mol. The van der Waals surface area contributed by atoms with Gasteiger partial charge in [-0.05, 0) is 31.2 Å². The summed E-state index contributed by atoms with van der Waals surface area (Å²) in [4.78, 5) is 12.1. The van der Waals surface area contributed by atoms with Crippen molar-refractivity contribution >= 4 is 23.4 Å². The van der Waals surface area contributed by atoms with Crippen LogP contribution in [0.1, 0.15) is 6.92 Å². The molecule has 140 valence electrons. The molecular weight excluding hydrogens is 386 g/mol. The van der Waals surface area contributed by atoms with Crippen LogP contribution in [0.5, 0.6) is 0 Å². The molecule has 0 saturated heterocycles. The minimum absolute atomic E-state index is 0.0124. The molecule has 1 atom stereocenters. The lowest BCUT2D eigenvalue weighted by Crippen LogP contribution is -2.23. The van der Waals surface area contributed by atoms with E-state index in [9.17, 15) is 22.4 Å². The van der Waals surface area contributed by atoms with Crippen LogP contribution >= 0.6 is 11.8 Å². The smallest absolute Gasteiger partial charge is 0.277 e. The minimum Gasteiger partial charge on any atom is -0.411 e. The number of carbonyl (C=O) groups excluding carboxylic acids is 1. The first-order valence-electron chi connectivity index (χ1n) is 7.56. The number of nitrogens with zero attached hydrogens (tertiary/aromatic N) is 2. The second-order valence-electron chi connectivity index (χ2n) is 5.33. The summed E-state index contributed by atoms with van der Waals surface area (Å²) in [6.45, 7) is 1.46. The van der Waals surface area contributed by atoms with Crippen molar-refractivity contribution in [1.29, 1.82) is 0 Å². The lowest BCUT2D eigenvalue weighted by atomic mass is 10.2. The van der Waals surface area contributed by atoms with Crippen LogP contribution in [0.25, 0.3) is 11.5 Å². The summed E-state index contributed by atoms with van der Waals surface area (Å²) in [7, 11) is 0. The van der Waals surface area contributed by atoms with Crippen molar-refractivity contribution < 1.29 is 26.8 Å². The minimum atomic E-state index is -1.68. The van der Waals surface area contributed by atoms with Gasteiger partial charge in [-0.2, -0.15) is 0 Å². The van der Waals surface area contributed by atoms with E-state index in [-0.39, 0.29) is 16.7 Å². The Morgan fingerprint density at radius 3 is 2.52 bits per heavy atom. The highest BCUT2D eigenvalue weighted by Crippen LogP contribution is 2.28. The van der Waals surface area contributed by atoms with Gasteiger partial charge in [-0.15, -0.1) is 10.2 Å². The molecule has 0 unspecified atom stereocenters. The van der Waals surface area contributed by atoms with Gasteiger partial charge in [0.1, 0.15) is 5.82 Å². The Labute approximate surface area is 154 Å². The molecule has 2 aromatic carbocycles. The Morgan fingerprint density at radius 2 is 1.78 bits per heavy atom. The second kappa shape index (κ2) is 7.78. The average Bonchev–Trinajstić information content (AvgIpc) is 3.10. The first-order valence-corrected chi connectivity index (χ1v) is 8.44. The molecule has 27 heavy (non-hydrogen) atoms. The van der Waals surface area contributed by atoms with Gasteiger partial charge in [0.25, 0.3) is 11.1 Å². The normalized spacial score (nSPS) is 12.0. The van der Waals surface area contributed by atoms with Gasteiger partial charge in [0.05, 0.1) is 16.5 Å². The number of benzene rings is 2. The highest BCUT2D eigenvalue weighted by Gasteiger charge is 2.22. The van der Waals surface area contributed by atoms with Crippen molar-refractivity contribution in [2.24, 2.45) is 0 Å². The van der Waals surface area contributed by atoms with Crippen LogP contribution in [0.3, 0.4) is 0 Å². The van der Waals surface area contributed by atoms with E-state index in [1.54, 1.807) is 6.07 Å². The maximum absolute atomic E-state index is 13.7. The van der Waals surface area contributed by atoms with Crippen molar-refractivity contribution in [3.63, 3.8) is 0 Å². The van der Waals surface area contributed by atoms with E-state index < -0.39 is 40.1 Å². The number of thioether (sulfide) groups is 1. The lowest BCUT2D eigenvalue weighted by molar-refractivity contribution is -0.115. The highest BCUT2D eigenvalue weighted by atomic mass is 32.2. The zero-order valence-electron chi connectivity index (χ0n) is 13.7. The second-order valence-corrected chi connectivity index (χ2v) is 6.62. The third kappa shape index (κ3) is 4.11. The number of anilines is 1. The predicted molar refractivity (Wildman–Crippen MR) is 90.0 cm³/mol. The molecule has 0 spiro atoms. The summed E-state index contributed by atoms with van der Waals surface area (Å²) in [5.74, 6) is -5.85. The van der Waals surface area contributed by atoms with Crippen molar-refractivity contribution in [3.05, 3.63) is 59.7 Å². The summed E-state index contributed by atoms with van der Waals surface area (Å²) in [5, 5.41) is 8.74. The molecular formula is C17H11F4N3O2S. The zero-order valence-corrected chi connectivity index (χ0v) is 14.5. The van der Waals surface area contributed by atoms with Crippen LogP contribution in [0.4, 0.5) is 23.2 Å². The van der Waals surface area contributed by atoms with E-state index in [1.165, 1.54) is 25.1 Å². The van der Waals surface area contributed by atoms with Crippen LogP contribution in [0, 0.1) is 23.3 Å². The first kappa shape index (κ1) is 18.9. The molecule has 1 amide bonds. The van der Waals surface area contributed by atoms with Gasteiger partial charge in [-0.3, -0.25) is 4.79 Å². The molecule has 1 heterocycles. The molecule has 5 nitrogen and oxygen atoms in total. The number of carbonyl (C=O) groups is 1. The van der Waals surface area contributed by atoms with Crippen molar-refractivity contribution in [3.8, 4) is 11.5 Å². The molecule has 3 aromatic rings. The fourth-order valence-electron chi connectivity index (χ4n) is 2.06. The van der Waals surface area contributed by atoms with Crippen molar-refractivity contribution in [2.75, 3.05) is 5.32 Å². The fourth-order valence-corrected chi connectivity index (χ4v) is 2.75. The fraction of sp³-hybridized carbons (Fsp3) is 0.118. The molecule has 0 aliphatic heterocycles. The standard InChI is InChI=1S/C17H11F4N3O2S/c1-8(15(25)22-12-7-6-11(19)13(20)14(12)21)27-17-24-23-16(26-17)9-4-2-3-5-10(9)18/h2-8H,1H3,(H,22,25)/t8-/m1/s1. The molecule has 0 aliphatic rings. The van der Waals surface area contributed by atoms with Crippen LogP contribution in [-0.2, 0) is 4.79 Å². The molecule has 1 N–H and O–H groups in total. The maximum Gasteiger partial charge on any atom is 0.277 e. The number of aromatic nitrogens is 2. The van der Waals surface area contributed by atoms with Gasteiger partial charge < -0.3 is 9.73 Å². The van der Waals surface area contributed by atoms with E-state index in [4.69, 9.17) is 4.42 Å². The van der Waals surface area contributed by atoms with Crippen LogP contribution < -0.4 is 5.32 Å². The first-order chi connectivity index (χ1) is 12.9. The van der Waals surface area contributed by atoms with Gasteiger partial charge in [-0.25, -0.2) is 17.6 Å². The largest absolute Gasteiger partial charge is 0.411 e. The molecule has 0 bridgehead atoms. The number of rotatable bonds is 5. The van der Waals surface area contributed by atoms with Gasteiger partial charge in [0, 0.05) is 0 Å². The highest BCUT2D eigenvalue weighted by molar-refractivity contribution is 8.00. The van der Waals surface area contributed by atoms with Gasteiger partial charge in [0.15, 0.2) is 17.5 Å². The van der Waals surface area contributed by atoms with E-state index in [2.05, 4.69) is 15.5 Å².